The van der Waals surface area contributed by atoms with E-state index in [1.807, 2.05) is 0 Å². The van der Waals surface area contributed by atoms with E-state index in [0.717, 1.165) is 0 Å². The summed E-state index contributed by atoms with van der Waals surface area (Å²) >= 11 is 0. The van der Waals surface area contributed by atoms with Crippen molar-refractivity contribution in [2.75, 3.05) is 0 Å². The minimum Gasteiger partial charge on any atom is -0.0588 e. The molecule has 10 aliphatic carbocycles. The first-order valence-electron chi connectivity index (χ1n) is 19.2. The fourth-order valence-corrected chi connectivity index (χ4v) is 28.4. The summed E-state index contributed by atoms with van der Waals surface area (Å²) in [6.07, 6.45) is 2.82. The molecule has 10 rings (SSSR count). The topological polar surface area (TPSA) is 0 Å². The zero-order chi connectivity index (χ0) is 33.4. The Morgan fingerprint density at radius 3 is 0.841 bits per heavy atom. The molecule has 0 aromatic carbocycles. The fraction of sp³-hybridized carbons (Fsp3) is 1.00. The van der Waals surface area contributed by atoms with E-state index in [4.69, 9.17) is 0 Å². The minimum atomic E-state index is 0.200. The van der Waals surface area contributed by atoms with Gasteiger partial charge in [0.2, 0.25) is 0 Å². The van der Waals surface area contributed by atoms with Gasteiger partial charge in [0, 0.05) is 0 Å². The highest BCUT2D eigenvalue weighted by Gasteiger charge is 3.29. The number of rotatable bonds is 0. The molecule has 0 aromatic heterocycles. The van der Waals surface area contributed by atoms with Gasteiger partial charge in [-0.2, -0.15) is 0 Å². The molecule has 0 N–H and O–H groups in total. The van der Waals surface area contributed by atoms with Crippen LogP contribution >= 0.6 is 0 Å². The molecule has 10 fully saturated rings. The summed E-state index contributed by atoms with van der Waals surface area (Å²) < 4.78 is 0. The third kappa shape index (κ3) is 1.05. The van der Waals surface area contributed by atoms with Gasteiger partial charge in [-0.1, -0.05) is 152 Å². The van der Waals surface area contributed by atoms with Crippen LogP contribution in [0.15, 0.2) is 0 Å². The van der Waals surface area contributed by atoms with E-state index in [0.29, 0.717) is 37.9 Å². The quantitative estimate of drug-likeness (QED) is 0.260. The van der Waals surface area contributed by atoms with Gasteiger partial charge >= 0.3 is 0 Å². The van der Waals surface area contributed by atoms with E-state index in [9.17, 15) is 0 Å². The van der Waals surface area contributed by atoms with Crippen molar-refractivity contribution >= 4 is 0 Å². The molecule has 0 amide bonds. The van der Waals surface area contributed by atoms with Crippen molar-refractivity contribution in [3.63, 3.8) is 0 Å². The van der Waals surface area contributed by atoms with Crippen LogP contribution in [0.5, 0.6) is 0 Å². The highest BCUT2D eigenvalue weighted by atomic mass is 15.3. The summed E-state index contributed by atoms with van der Waals surface area (Å²) in [7, 11) is 0. The van der Waals surface area contributed by atoms with Crippen molar-refractivity contribution in [1.29, 1.82) is 0 Å². The summed E-state index contributed by atoms with van der Waals surface area (Å²) in [5.41, 5.74) is 5.21. The lowest BCUT2D eigenvalue weighted by Gasteiger charge is -3.20. The Kier molecular flexibility index (Phi) is 3.35. The molecule has 10 saturated carbocycles. The summed E-state index contributed by atoms with van der Waals surface area (Å²) in [6.45, 7) is 64.0. The SMILES string of the molecule is CC1(C)C2(C)C(C)(C)C3(C)C1(C)C1(C)CCC4(C)C3(C)C2(C)C23C5(C)C1(C)C4(C)C2(C)C1(C)C(C)(C)C2(C)C(C)(C)C5(C)C213. The van der Waals surface area contributed by atoms with Gasteiger partial charge in [-0.3, -0.25) is 0 Å². The first kappa shape index (κ1) is 29.0. The van der Waals surface area contributed by atoms with E-state index in [1.165, 1.54) is 12.8 Å². The lowest BCUT2D eigenvalue weighted by Crippen LogP contribution is -3.18. The molecule has 0 nitrogen and oxygen atoms in total. The molecule has 44 heavy (non-hydrogen) atoms. The molecule has 2 spiro atoms. The van der Waals surface area contributed by atoms with Crippen LogP contribution in [0.3, 0.4) is 0 Å². The van der Waals surface area contributed by atoms with Crippen molar-refractivity contribution in [1.82, 2.24) is 0 Å². The van der Waals surface area contributed by atoms with Gasteiger partial charge in [0.1, 0.15) is 0 Å². The van der Waals surface area contributed by atoms with Crippen LogP contribution in [0, 0.1) is 108 Å². The van der Waals surface area contributed by atoms with Crippen molar-refractivity contribution in [3.8, 4) is 0 Å². The van der Waals surface area contributed by atoms with Crippen LogP contribution in [0.25, 0.3) is 0 Å². The van der Waals surface area contributed by atoms with Gasteiger partial charge in [-0.05, 0) is 121 Å². The average Bonchev–Trinajstić information content (AvgIpc) is 3.07. The Bertz CT molecular complexity index is 1680. The molecular formula is C44H70. The van der Waals surface area contributed by atoms with Gasteiger partial charge < -0.3 is 0 Å². The lowest BCUT2D eigenvalue weighted by atomic mass is 8.82. The summed E-state index contributed by atoms with van der Waals surface area (Å²) in [5, 5.41) is 0. The smallest absolute Gasteiger partial charge is 0.00289 e. The third-order valence-electron chi connectivity index (χ3n) is 29.6. The van der Waals surface area contributed by atoms with E-state index in [1.54, 1.807) is 0 Å². The van der Waals surface area contributed by atoms with Crippen molar-refractivity contribution in [3.05, 3.63) is 0 Å². The summed E-state index contributed by atoms with van der Waals surface area (Å²) in [5.74, 6) is 0. The van der Waals surface area contributed by atoms with E-state index in [-0.39, 0.29) is 70.4 Å². The molecule has 246 valence electrons. The second kappa shape index (κ2) is 5.10. The Hall–Kier alpha value is 0. The van der Waals surface area contributed by atoms with Crippen LogP contribution in [-0.2, 0) is 0 Å². The van der Waals surface area contributed by atoms with Crippen LogP contribution in [0.4, 0.5) is 0 Å². The number of fused-ring (bicyclic) bond motifs is 4. The second-order valence-corrected chi connectivity index (χ2v) is 24.7. The van der Waals surface area contributed by atoms with Crippen LogP contribution < -0.4 is 0 Å². The second-order valence-electron chi connectivity index (χ2n) is 24.7. The lowest BCUT2D eigenvalue weighted by molar-refractivity contribution is -0.752. The normalized spacial score (nSPS) is 81.1. The molecular weight excluding hydrogens is 528 g/mol. The molecule has 10 aliphatic rings. The highest BCUT2D eigenvalue weighted by molar-refractivity contribution is 5.75. The van der Waals surface area contributed by atoms with Gasteiger partial charge in [0.05, 0.1) is 0 Å². The van der Waals surface area contributed by atoms with Gasteiger partial charge in [0.15, 0.2) is 0 Å². The maximum absolute atomic E-state index is 3.04. The monoisotopic (exact) mass is 599 g/mol. The third-order valence-corrected chi connectivity index (χ3v) is 29.6. The van der Waals surface area contributed by atoms with Crippen LogP contribution in [0.2, 0.25) is 0 Å². The summed E-state index contributed by atoms with van der Waals surface area (Å²) in [4.78, 5) is 0. The largest absolute Gasteiger partial charge is 0.0588 e. The van der Waals surface area contributed by atoms with Crippen LogP contribution in [-0.4, -0.2) is 0 Å². The molecule has 0 saturated heterocycles. The van der Waals surface area contributed by atoms with Crippen molar-refractivity contribution < 1.29 is 0 Å². The number of hydrogen-bond acceptors (Lipinski definition) is 0. The number of hydrogen-bond donors (Lipinski definition) is 0. The first-order valence-corrected chi connectivity index (χ1v) is 19.2. The zero-order valence-corrected chi connectivity index (χ0v) is 33.4. The molecule has 7 bridgehead atoms. The highest BCUT2D eigenvalue weighted by Crippen LogP contribution is 3.32. The molecule has 0 heteroatoms. The molecule has 0 radical (unpaired) electrons. The Morgan fingerprint density at radius 1 is 0.205 bits per heavy atom. The maximum atomic E-state index is 3.04. The maximum Gasteiger partial charge on any atom is -0.00289 e. The Labute approximate surface area is 272 Å². The van der Waals surface area contributed by atoms with Crippen LogP contribution in [0.1, 0.15) is 165 Å². The fourth-order valence-electron chi connectivity index (χ4n) is 28.4. The van der Waals surface area contributed by atoms with E-state index >= 15 is 0 Å². The zero-order valence-electron chi connectivity index (χ0n) is 33.4. The molecule has 16 atom stereocenters. The summed E-state index contributed by atoms with van der Waals surface area (Å²) in [6, 6.07) is 0. The predicted molar refractivity (Wildman–Crippen MR) is 183 cm³/mol. The van der Waals surface area contributed by atoms with Crippen molar-refractivity contribution in [2.24, 2.45) is 108 Å². The first-order chi connectivity index (χ1) is 19.2. The van der Waals surface area contributed by atoms with E-state index in [2.05, 4.69) is 152 Å². The molecule has 0 heterocycles. The minimum absolute atomic E-state index is 0.200. The van der Waals surface area contributed by atoms with E-state index < -0.39 is 0 Å². The van der Waals surface area contributed by atoms with Gasteiger partial charge in [-0.25, -0.2) is 0 Å². The standard InChI is InChI=1S/C44H70/c1-25(2)31(11)26(3,4)34(14)33(25,13)29(9)23-24-30(10)37(34,17)40(31,20)44-41(21)35(15)27(5,6)32(12)28(7,8)36(16,43(32,35)44)42(44,22)39(30,19)38(29,41)18/h23-24H2,1-22H3. The molecule has 16 unspecified atom stereocenters. The molecule has 0 aliphatic heterocycles. The Morgan fingerprint density at radius 2 is 0.455 bits per heavy atom. The average molecular weight is 599 g/mol. The Balaban J connectivity index is 1.59. The van der Waals surface area contributed by atoms with Gasteiger partial charge in [-0.15, -0.1) is 0 Å². The van der Waals surface area contributed by atoms with Crippen molar-refractivity contribution in [2.45, 2.75) is 165 Å². The predicted octanol–water partition coefficient (Wildman–Crippen LogP) is 12.1. The van der Waals surface area contributed by atoms with Gasteiger partial charge in [0.25, 0.3) is 0 Å². The molecule has 0 aromatic rings.